The van der Waals surface area contributed by atoms with Gasteiger partial charge < -0.3 is 19.7 Å². The summed E-state index contributed by atoms with van der Waals surface area (Å²) in [6.07, 6.45) is -0.0948. The summed E-state index contributed by atoms with van der Waals surface area (Å²) < 4.78 is 65.2. The molecule has 1 aliphatic heterocycles. The van der Waals surface area contributed by atoms with Crippen LogP contribution in [-0.4, -0.2) is 59.8 Å². The lowest BCUT2D eigenvalue weighted by atomic mass is 9.94. The molecule has 1 saturated heterocycles. The van der Waals surface area contributed by atoms with Gasteiger partial charge in [-0.3, -0.25) is 19.2 Å². The molecule has 1 fully saturated rings. The van der Waals surface area contributed by atoms with E-state index >= 15 is 0 Å². The van der Waals surface area contributed by atoms with Gasteiger partial charge >= 0.3 is 5.97 Å². The number of carbonyl (C=O) groups excluding carboxylic acids is 4. The Morgan fingerprint density at radius 1 is 0.932 bits per heavy atom. The van der Waals surface area contributed by atoms with Gasteiger partial charge in [-0.1, -0.05) is 36.4 Å². The van der Waals surface area contributed by atoms with Crippen molar-refractivity contribution in [1.29, 1.82) is 0 Å². The predicted molar refractivity (Wildman–Crippen MR) is 152 cm³/mol. The van der Waals surface area contributed by atoms with E-state index in [1.807, 2.05) is 30.3 Å². The summed E-state index contributed by atoms with van der Waals surface area (Å²) in [6, 6.07) is 11.4. The molecule has 0 unspecified atom stereocenters. The molecule has 0 saturated carbocycles. The van der Waals surface area contributed by atoms with Crippen molar-refractivity contribution in [3.63, 3.8) is 0 Å². The van der Waals surface area contributed by atoms with Crippen molar-refractivity contribution >= 4 is 34.3 Å². The molecule has 3 aromatic rings. The average molecular weight is 617 g/mol. The number of carbonyl (C=O) groups is 4. The van der Waals surface area contributed by atoms with E-state index in [2.05, 4.69) is 5.32 Å². The van der Waals surface area contributed by atoms with Crippen LogP contribution in [0.2, 0.25) is 0 Å². The minimum absolute atomic E-state index is 0.00814. The smallest absolute Gasteiger partial charge is 0.308 e. The zero-order valence-corrected chi connectivity index (χ0v) is 24.4. The van der Waals surface area contributed by atoms with Gasteiger partial charge in [0.1, 0.15) is 18.2 Å². The lowest BCUT2D eigenvalue weighted by Gasteiger charge is -2.32. The molecule has 2 amide bonds. The fraction of sp³-hybridized carbons (Fsp3) is 0.375. The highest BCUT2D eigenvalue weighted by Crippen LogP contribution is 2.27. The maximum atomic E-state index is 14.0. The molecule has 234 valence electrons. The number of fused-ring (bicyclic) bond motifs is 1. The summed E-state index contributed by atoms with van der Waals surface area (Å²) in [5, 5.41) is 4.22. The van der Waals surface area contributed by atoms with Crippen LogP contribution in [0.3, 0.4) is 0 Å². The van der Waals surface area contributed by atoms with Gasteiger partial charge in [0.05, 0.1) is 6.42 Å². The molecular formula is C32H32F4N2O6. The highest BCUT2D eigenvalue weighted by Gasteiger charge is 2.33. The average Bonchev–Trinajstić information content (AvgIpc) is 2.98. The molecule has 4 rings (SSSR count). The van der Waals surface area contributed by atoms with Crippen LogP contribution >= 0.6 is 0 Å². The Bertz CT molecular complexity index is 1550. The second kappa shape index (κ2) is 13.4. The van der Waals surface area contributed by atoms with Crippen LogP contribution < -0.4 is 10.1 Å². The number of nitrogens with zero attached hydrogens (tertiary/aromatic N) is 1. The maximum Gasteiger partial charge on any atom is 0.308 e. The SMILES string of the molecule is CC(C)(C)OC(=O)C[C@H](NC(=O)C1CCN(C(=O)c2cccc3ccccc23)CC1)C(=O)COc1c(F)c(F)cc(F)c1F. The van der Waals surface area contributed by atoms with Crippen molar-refractivity contribution in [2.24, 2.45) is 5.92 Å². The number of ketones is 1. The summed E-state index contributed by atoms with van der Waals surface area (Å²) in [6.45, 7) is 4.21. The van der Waals surface area contributed by atoms with E-state index in [0.717, 1.165) is 10.8 Å². The molecule has 0 aliphatic carbocycles. The van der Waals surface area contributed by atoms with E-state index in [1.54, 1.807) is 37.8 Å². The molecule has 0 spiro atoms. The number of rotatable bonds is 9. The summed E-state index contributed by atoms with van der Waals surface area (Å²) in [7, 11) is 0. The van der Waals surface area contributed by atoms with Gasteiger partial charge in [0.15, 0.2) is 23.2 Å². The minimum Gasteiger partial charge on any atom is -0.479 e. The van der Waals surface area contributed by atoms with E-state index in [1.165, 1.54) is 0 Å². The molecular weight excluding hydrogens is 584 g/mol. The zero-order valence-electron chi connectivity index (χ0n) is 24.4. The molecule has 0 radical (unpaired) electrons. The minimum atomic E-state index is -1.84. The third-order valence-electron chi connectivity index (χ3n) is 7.10. The number of benzene rings is 3. The Morgan fingerprint density at radius 2 is 1.55 bits per heavy atom. The van der Waals surface area contributed by atoms with Crippen LogP contribution in [0.4, 0.5) is 17.6 Å². The van der Waals surface area contributed by atoms with E-state index in [4.69, 9.17) is 9.47 Å². The number of piperidine rings is 1. The Kier molecular flexibility index (Phi) is 9.91. The van der Waals surface area contributed by atoms with Crippen molar-refractivity contribution in [2.75, 3.05) is 19.7 Å². The van der Waals surface area contributed by atoms with Crippen molar-refractivity contribution < 1.29 is 46.2 Å². The molecule has 1 heterocycles. The zero-order chi connectivity index (χ0) is 32.2. The fourth-order valence-electron chi connectivity index (χ4n) is 4.93. The van der Waals surface area contributed by atoms with Gasteiger partial charge in [-0.2, -0.15) is 8.78 Å². The first-order valence-corrected chi connectivity index (χ1v) is 14.0. The summed E-state index contributed by atoms with van der Waals surface area (Å²) in [4.78, 5) is 53.6. The quantitative estimate of drug-likeness (QED) is 0.204. The third kappa shape index (κ3) is 7.72. The fourth-order valence-corrected chi connectivity index (χ4v) is 4.93. The largest absolute Gasteiger partial charge is 0.479 e. The Balaban J connectivity index is 1.42. The van der Waals surface area contributed by atoms with E-state index in [0.29, 0.717) is 5.56 Å². The lowest BCUT2D eigenvalue weighted by Crippen LogP contribution is -2.49. The van der Waals surface area contributed by atoms with Crippen LogP contribution in [0.25, 0.3) is 10.8 Å². The van der Waals surface area contributed by atoms with Gasteiger partial charge in [0.2, 0.25) is 17.5 Å². The van der Waals surface area contributed by atoms with Crippen molar-refractivity contribution in [3.05, 3.63) is 77.4 Å². The molecule has 44 heavy (non-hydrogen) atoms. The lowest BCUT2D eigenvalue weighted by molar-refractivity contribution is -0.156. The predicted octanol–water partition coefficient (Wildman–Crippen LogP) is 5.11. The number of Topliss-reactive ketones (excluding diaryl/α,β-unsaturated/α-hetero) is 1. The molecule has 0 bridgehead atoms. The van der Waals surface area contributed by atoms with Crippen LogP contribution in [0, 0.1) is 29.2 Å². The van der Waals surface area contributed by atoms with Crippen molar-refractivity contribution in [2.45, 2.75) is 51.7 Å². The highest BCUT2D eigenvalue weighted by atomic mass is 19.2. The van der Waals surface area contributed by atoms with Crippen LogP contribution in [0.1, 0.15) is 50.4 Å². The topological polar surface area (TPSA) is 102 Å². The maximum absolute atomic E-state index is 14.0. The first-order valence-electron chi connectivity index (χ1n) is 14.0. The number of nitrogens with one attached hydrogen (secondary N) is 1. The monoisotopic (exact) mass is 616 g/mol. The van der Waals surface area contributed by atoms with Crippen LogP contribution in [-0.2, 0) is 19.1 Å². The van der Waals surface area contributed by atoms with E-state index in [9.17, 15) is 36.7 Å². The van der Waals surface area contributed by atoms with Gasteiger partial charge in [-0.25, -0.2) is 8.78 Å². The standard InChI is InChI=1S/C32H32F4N2O6/c1-32(2,3)44-26(40)16-24(25(39)17-43-29-27(35)22(33)15-23(34)28(29)36)37-30(41)19-11-13-38(14-12-19)31(42)21-10-6-8-18-7-4-5-9-20(18)21/h4-10,15,19,24H,11-14,16-17H2,1-3H3,(H,37,41)/t24-/m0/s1. The number of hydrogen-bond donors (Lipinski definition) is 1. The van der Waals surface area contributed by atoms with Gasteiger partial charge in [-0.05, 0) is 50.5 Å². The van der Waals surface area contributed by atoms with Crippen LogP contribution in [0.5, 0.6) is 5.75 Å². The Morgan fingerprint density at radius 3 is 2.18 bits per heavy atom. The molecule has 1 aliphatic rings. The van der Waals surface area contributed by atoms with Crippen molar-refractivity contribution in [3.8, 4) is 5.75 Å². The molecule has 8 nitrogen and oxygen atoms in total. The summed E-state index contributed by atoms with van der Waals surface area (Å²) >= 11 is 0. The third-order valence-corrected chi connectivity index (χ3v) is 7.10. The van der Waals surface area contributed by atoms with Crippen LogP contribution in [0.15, 0.2) is 48.5 Å². The second-order valence-electron chi connectivity index (χ2n) is 11.5. The number of hydrogen-bond acceptors (Lipinski definition) is 6. The number of likely N-dealkylation sites (tertiary alicyclic amines) is 1. The van der Waals surface area contributed by atoms with E-state index < -0.39 is 77.3 Å². The molecule has 3 aromatic carbocycles. The Labute approximate surface area is 251 Å². The summed E-state index contributed by atoms with van der Waals surface area (Å²) in [5.74, 6) is -11.8. The van der Waals surface area contributed by atoms with Gasteiger partial charge in [0, 0.05) is 30.6 Å². The Hall–Kier alpha value is -4.48. The molecule has 1 N–H and O–H groups in total. The van der Waals surface area contributed by atoms with Gasteiger partial charge in [0.25, 0.3) is 5.91 Å². The molecule has 0 aromatic heterocycles. The van der Waals surface area contributed by atoms with Gasteiger partial charge in [-0.15, -0.1) is 0 Å². The number of halogens is 4. The number of esters is 1. The first-order chi connectivity index (χ1) is 20.7. The normalized spacial score (nSPS) is 14.7. The molecule has 1 atom stereocenters. The number of amides is 2. The van der Waals surface area contributed by atoms with E-state index in [-0.39, 0.29) is 37.9 Å². The summed E-state index contributed by atoms with van der Waals surface area (Å²) in [5.41, 5.74) is -0.375. The molecule has 12 heteroatoms. The first kappa shape index (κ1) is 32.4. The highest BCUT2D eigenvalue weighted by molar-refractivity contribution is 6.07. The number of ether oxygens (including phenoxy) is 2. The second-order valence-corrected chi connectivity index (χ2v) is 11.5. The van der Waals surface area contributed by atoms with Crippen molar-refractivity contribution in [1.82, 2.24) is 10.2 Å².